The molecule has 0 fully saturated rings. The van der Waals surface area contributed by atoms with Gasteiger partial charge in [0.25, 0.3) is 0 Å². The molecule has 1 aromatic carbocycles. The maximum Gasteiger partial charge on any atom is 0.191 e. The maximum absolute atomic E-state index is 12.1. The highest BCUT2D eigenvalue weighted by Crippen LogP contribution is 2.09. The van der Waals surface area contributed by atoms with Crippen LogP contribution in [0.2, 0.25) is 0 Å². The summed E-state index contributed by atoms with van der Waals surface area (Å²) in [5.41, 5.74) is 0. The highest BCUT2D eigenvalue weighted by atomic mass is 127. The van der Waals surface area contributed by atoms with Gasteiger partial charge in [-0.1, -0.05) is 24.3 Å². The van der Waals surface area contributed by atoms with Crippen molar-refractivity contribution in [3.8, 4) is 0 Å². The molecule has 1 heterocycles. The molecule has 5 nitrogen and oxygen atoms in total. The third kappa shape index (κ3) is 6.48. The van der Waals surface area contributed by atoms with Crippen molar-refractivity contribution in [3.05, 3.63) is 52.7 Å². The average Bonchev–Trinajstić information content (AvgIpc) is 3.05. The van der Waals surface area contributed by atoms with E-state index in [2.05, 4.69) is 15.6 Å². The molecule has 0 aliphatic rings. The molecular weight excluding hydrogens is 445 g/mol. The highest BCUT2D eigenvalue weighted by Gasteiger charge is 2.13. The highest BCUT2D eigenvalue weighted by molar-refractivity contribution is 14.0. The fourth-order valence-corrected chi connectivity index (χ4v) is 3.68. The lowest BCUT2D eigenvalue weighted by Crippen LogP contribution is -2.39. The van der Waals surface area contributed by atoms with E-state index in [0.717, 1.165) is 0 Å². The Morgan fingerprint density at radius 1 is 1.13 bits per heavy atom. The van der Waals surface area contributed by atoms with Crippen molar-refractivity contribution in [2.45, 2.75) is 11.4 Å². The van der Waals surface area contributed by atoms with Crippen molar-refractivity contribution in [2.75, 3.05) is 19.3 Å². The molecule has 0 aliphatic heterocycles. The molecule has 0 unspecified atom stereocenters. The van der Waals surface area contributed by atoms with Gasteiger partial charge in [0.15, 0.2) is 15.8 Å². The van der Waals surface area contributed by atoms with Crippen LogP contribution < -0.4 is 10.6 Å². The molecule has 23 heavy (non-hydrogen) atoms. The second-order valence-corrected chi connectivity index (χ2v) is 7.71. The van der Waals surface area contributed by atoms with Gasteiger partial charge in [-0.25, -0.2) is 8.42 Å². The van der Waals surface area contributed by atoms with Crippen molar-refractivity contribution < 1.29 is 8.42 Å². The first-order valence-corrected chi connectivity index (χ1v) is 9.40. The van der Waals surface area contributed by atoms with Crippen LogP contribution >= 0.6 is 35.3 Å². The largest absolute Gasteiger partial charge is 0.355 e. The van der Waals surface area contributed by atoms with E-state index in [1.54, 1.807) is 48.7 Å². The van der Waals surface area contributed by atoms with Gasteiger partial charge in [0.05, 0.1) is 17.2 Å². The molecule has 0 radical (unpaired) electrons. The van der Waals surface area contributed by atoms with Crippen LogP contribution in [0.15, 0.2) is 57.7 Å². The van der Waals surface area contributed by atoms with Crippen molar-refractivity contribution >= 4 is 51.1 Å². The van der Waals surface area contributed by atoms with E-state index in [4.69, 9.17) is 0 Å². The average molecular weight is 465 g/mol. The predicted octanol–water partition coefficient (Wildman–Crippen LogP) is 2.51. The smallest absolute Gasteiger partial charge is 0.191 e. The summed E-state index contributed by atoms with van der Waals surface area (Å²) in [6.07, 6.45) is 0. The lowest BCUT2D eigenvalue weighted by Gasteiger charge is -2.11. The van der Waals surface area contributed by atoms with Gasteiger partial charge in [-0.05, 0) is 23.6 Å². The minimum Gasteiger partial charge on any atom is -0.355 e. The van der Waals surface area contributed by atoms with E-state index in [0.29, 0.717) is 23.9 Å². The monoisotopic (exact) mass is 465 g/mol. The lowest BCUT2D eigenvalue weighted by molar-refractivity contribution is 0.594. The summed E-state index contributed by atoms with van der Waals surface area (Å²) in [4.78, 5) is 5.62. The molecule has 2 N–H and O–H groups in total. The molecule has 126 valence electrons. The number of rotatable bonds is 6. The van der Waals surface area contributed by atoms with E-state index in [9.17, 15) is 8.42 Å². The van der Waals surface area contributed by atoms with E-state index in [1.165, 1.54) is 4.88 Å². The number of halogens is 1. The van der Waals surface area contributed by atoms with E-state index < -0.39 is 9.84 Å². The maximum atomic E-state index is 12.1. The SMILES string of the molecule is CN=C(NCCS(=O)(=O)c1ccccc1)NCc1cccs1.I. The number of hydrogen-bond donors (Lipinski definition) is 2. The molecule has 8 heteroatoms. The van der Waals surface area contributed by atoms with Gasteiger partial charge < -0.3 is 10.6 Å². The quantitative estimate of drug-likeness (QED) is 0.391. The van der Waals surface area contributed by atoms with Crippen LogP contribution in [0.3, 0.4) is 0 Å². The Hall–Kier alpha value is -1.13. The number of sulfone groups is 1. The third-order valence-corrected chi connectivity index (χ3v) is 5.61. The number of nitrogens with zero attached hydrogens (tertiary/aromatic N) is 1. The zero-order chi connectivity index (χ0) is 15.8. The summed E-state index contributed by atoms with van der Waals surface area (Å²) in [5.74, 6) is 0.619. The summed E-state index contributed by atoms with van der Waals surface area (Å²) >= 11 is 1.66. The van der Waals surface area contributed by atoms with Gasteiger partial charge in [-0.2, -0.15) is 0 Å². The van der Waals surface area contributed by atoms with Gasteiger partial charge in [0.2, 0.25) is 0 Å². The summed E-state index contributed by atoms with van der Waals surface area (Å²) in [7, 11) is -1.60. The zero-order valence-corrected chi connectivity index (χ0v) is 16.7. The standard InChI is InChI=1S/C15H19N3O2S2.HI/c1-16-15(18-12-13-6-5-10-21-13)17-9-11-22(19,20)14-7-3-2-4-8-14;/h2-8,10H,9,11-12H2,1H3,(H2,16,17,18);1H. The van der Waals surface area contributed by atoms with Gasteiger partial charge in [-0.3, -0.25) is 4.99 Å². The first-order valence-electron chi connectivity index (χ1n) is 6.86. The minimum atomic E-state index is -3.27. The third-order valence-electron chi connectivity index (χ3n) is 3.00. The fraction of sp³-hybridized carbons (Fsp3) is 0.267. The number of hydrogen-bond acceptors (Lipinski definition) is 4. The van der Waals surface area contributed by atoms with Crippen molar-refractivity contribution in [3.63, 3.8) is 0 Å². The van der Waals surface area contributed by atoms with Gasteiger partial charge in [-0.15, -0.1) is 35.3 Å². The normalized spacial score (nSPS) is 11.6. The Morgan fingerprint density at radius 3 is 2.48 bits per heavy atom. The minimum absolute atomic E-state index is 0. The number of guanidine groups is 1. The first kappa shape index (κ1) is 19.9. The molecule has 0 atom stereocenters. The van der Waals surface area contributed by atoms with Crippen molar-refractivity contribution in [1.29, 1.82) is 0 Å². The van der Waals surface area contributed by atoms with E-state index in [-0.39, 0.29) is 29.7 Å². The van der Waals surface area contributed by atoms with Crippen LogP contribution in [0.5, 0.6) is 0 Å². The molecule has 0 saturated carbocycles. The molecule has 1 aromatic heterocycles. The molecule has 0 bridgehead atoms. The molecule has 2 aromatic rings. The second-order valence-electron chi connectivity index (χ2n) is 4.56. The van der Waals surface area contributed by atoms with Crippen molar-refractivity contribution in [2.24, 2.45) is 4.99 Å². The number of benzene rings is 1. The Balaban J connectivity index is 0.00000264. The van der Waals surface area contributed by atoms with Gasteiger partial charge in [0, 0.05) is 18.5 Å². The molecular formula is C15H20IN3O2S2. The van der Waals surface area contributed by atoms with Crippen LogP contribution in [-0.2, 0) is 16.4 Å². The van der Waals surface area contributed by atoms with Gasteiger partial charge in [0.1, 0.15) is 0 Å². The molecule has 0 spiro atoms. The molecule has 0 saturated heterocycles. The van der Waals surface area contributed by atoms with Gasteiger partial charge >= 0.3 is 0 Å². The summed E-state index contributed by atoms with van der Waals surface area (Å²) in [5, 5.41) is 8.19. The van der Waals surface area contributed by atoms with Crippen LogP contribution in [0.1, 0.15) is 4.88 Å². The van der Waals surface area contributed by atoms with E-state index >= 15 is 0 Å². The topological polar surface area (TPSA) is 70.6 Å². The zero-order valence-electron chi connectivity index (χ0n) is 12.7. The second kappa shape index (κ2) is 9.89. The number of aliphatic imine (C=N–C) groups is 1. The Kier molecular flexibility index (Phi) is 8.56. The summed E-state index contributed by atoms with van der Waals surface area (Å²) in [6, 6.07) is 12.5. The van der Waals surface area contributed by atoms with Crippen LogP contribution in [0.25, 0.3) is 0 Å². The predicted molar refractivity (Wildman–Crippen MR) is 106 cm³/mol. The van der Waals surface area contributed by atoms with Crippen LogP contribution in [0, 0.1) is 0 Å². The fourth-order valence-electron chi connectivity index (χ4n) is 1.85. The van der Waals surface area contributed by atoms with Crippen LogP contribution in [0.4, 0.5) is 0 Å². The first-order chi connectivity index (χ1) is 10.6. The van der Waals surface area contributed by atoms with E-state index in [1.807, 2.05) is 17.5 Å². The lowest BCUT2D eigenvalue weighted by atomic mass is 10.4. The Bertz CT molecular complexity index is 702. The molecule has 2 rings (SSSR count). The Labute approximate surface area is 158 Å². The summed E-state index contributed by atoms with van der Waals surface area (Å²) in [6.45, 7) is 0.976. The number of nitrogens with one attached hydrogen (secondary N) is 2. The number of thiophene rings is 1. The summed E-state index contributed by atoms with van der Waals surface area (Å²) < 4.78 is 24.3. The Morgan fingerprint density at radius 2 is 1.87 bits per heavy atom. The molecule has 0 amide bonds. The van der Waals surface area contributed by atoms with Crippen LogP contribution in [-0.4, -0.2) is 33.7 Å². The van der Waals surface area contributed by atoms with Crippen molar-refractivity contribution in [1.82, 2.24) is 10.6 Å². The molecule has 0 aliphatic carbocycles.